The Morgan fingerprint density at radius 3 is 2.47 bits per heavy atom. The van der Waals surface area contributed by atoms with Gasteiger partial charge in [-0.1, -0.05) is 42.5 Å². The molecular formula is C17H18N2. The van der Waals surface area contributed by atoms with Crippen LogP contribution in [0.3, 0.4) is 0 Å². The van der Waals surface area contributed by atoms with Crippen LogP contribution in [0.25, 0.3) is 10.8 Å². The van der Waals surface area contributed by atoms with Crippen molar-refractivity contribution >= 4 is 22.1 Å². The quantitative estimate of drug-likeness (QED) is 0.762. The predicted molar refractivity (Wildman–Crippen MR) is 83.9 cm³/mol. The van der Waals surface area contributed by atoms with E-state index in [4.69, 9.17) is 0 Å². The van der Waals surface area contributed by atoms with Gasteiger partial charge in [-0.2, -0.15) is 0 Å². The summed E-state index contributed by atoms with van der Waals surface area (Å²) in [6.07, 6.45) is 3.92. The van der Waals surface area contributed by atoms with Gasteiger partial charge in [-0.3, -0.25) is 0 Å². The van der Waals surface area contributed by atoms with E-state index in [1.54, 1.807) is 0 Å². The van der Waals surface area contributed by atoms with E-state index in [0.29, 0.717) is 0 Å². The van der Waals surface area contributed by atoms with Crippen molar-refractivity contribution in [3.63, 3.8) is 0 Å². The molecular weight excluding hydrogens is 232 g/mol. The van der Waals surface area contributed by atoms with Crippen molar-refractivity contribution in [3.05, 3.63) is 61.7 Å². The minimum Gasteiger partial charge on any atom is -0.348 e. The molecule has 1 heterocycles. The SMILES string of the molecule is C=CCN1CN(CC=C)c2c1ccc1ccccc21. The van der Waals surface area contributed by atoms with E-state index < -0.39 is 0 Å². The maximum Gasteiger partial charge on any atom is 0.0910 e. The summed E-state index contributed by atoms with van der Waals surface area (Å²) in [6.45, 7) is 10.4. The van der Waals surface area contributed by atoms with Crippen molar-refractivity contribution in [3.8, 4) is 0 Å². The Labute approximate surface area is 114 Å². The summed E-state index contributed by atoms with van der Waals surface area (Å²) in [5.41, 5.74) is 2.61. The Hall–Kier alpha value is -2.22. The van der Waals surface area contributed by atoms with Gasteiger partial charge in [0.05, 0.1) is 18.0 Å². The van der Waals surface area contributed by atoms with Crippen LogP contribution in [-0.2, 0) is 0 Å². The Bertz CT molecular complexity index is 630. The molecule has 0 amide bonds. The van der Waals surface area contributed by atoms with Crippen LogP contribution < -0.4 is 9.80 Å². The van der Waals surface area contributed by atoms with Gasteiger partial charge in [-0.25, -0.2) is 0 Å². The smallest absolute Gasteiger partial charge is 0.0910 e. The molecule has 19 heavy (non-hydrogen) atoms. The highest BCUT2D eigenvalue weighted by Gasteiger charge is 2.25. The number of hydrogen-bond acceptors (Lipinski definition) is 2. The second kappa shape index (κ2) is 4.81. The molecule has 0 fully saturated rings. The third-order valence-electron chi connectivity index (χ3n) is 3.58. The highest BCUT2D eigenvalue weighted by molar-refractivity contribution is 6.02. The van der Waals surface area contributed by atoms with Crippen LogP contribution >= 0.6 is 0 Å². The fourth-order valence-electron chi connectivity index (χ4n) is 2.80. The van der Waals surface area contributed by atoms with Crippen LogP contribution in [-0.4, -0.2) is 19.8 Å². The highest BCUT2D eigenvalue weighted by atomic mass is 15.4. The fraction of sp³-hybridized carbons (Fsp3) is 0.176. The van der Waals surface area contributed by atoms with Crippen LogP contribution in [0.4, 0.5) is 11.4 Å². The molecule has 2 heteroatoms. The van der Waals surface area contributed by atoms with Gasteiger partial charge in [0.1, 0.15) is 0 Å². The van der Waals surface area contributed by atoms with Crippen LogP contribution in [0, 0.1) is 0 Å². The summed E-state index contributed by atoms with van der Waals surface area (Å²) in [4.78, 5) is 4.71. The normalized spacial score (nSPS) is 13.7. The Morgan fingerprint density at radius 1 is 0.947 bits per heavy atom. The summed E-state index contributed by atoms with van der Waals surface area (Å²) in [5, 5.41) is 2.60. The lowest BCUT2D eigenvalue weighted by Crippen LogP contribution is -2.30. The molecule has 0 N–H and O–H groups in total. The molecule has 3 rings (SSSR count). The number of anilines is 2. The van der Waals surface area contributed by atoms with E-state index in [-0.39, 0.29) is 0 Å². The lowest BCUT2D eigenvalue weighted by molar-refractivity contribution is 0.845. The largest absolute Gasteiger partial charge is 0.348 e. The van der Waals surface area contributed by atoms with E-state index in [9.17, 15) is 0 Å². The third-order valence-corrected chi connectivity index (χ3v) is 3.58. The molecule has 0 aromatic heterocycles. The number of nitrogens with zero attached hydrogens (tertiary/aromatic N) is 2. The maximum absolute atomic E-state index is 3.87. The molecule has 0 unspecified atom stereocenters. The molecule has 2 aromatic rings. The summed E-state index contributed by atoms with van der Waals surface area (Å²) in [5.74, 6) is 0. The zero-order chi connectivity index (χ0) is 13.2. The van der Waals surface area contributed by atoms with E-state index in [0.717, 1.165) is 19.8 Å². The van der Waals surface area contributed by atoms with Gasteiger partial charge in [-0.15, -0.1) is 13.2 Å². The van der Waals surface area contributed by atoms with Gasteiger partial charge < -0.3 is 9.80 Å². The van der Waals surface area contributed by atoms with Crippen molar-refractivity contribution in [2.75, 3.05) is 29.6 Å². The summed E-state index contributed by atoms with van der Waals surface area (Å²) >= 11 is 0. The van der Waals surface area contributed by atoms with Gasteiger partial charge in [0, 0.05) is 18.5 Å². The average molecular weight is 250 g/mol. The van der Waals surface area contributed by atoms with Crippen LogP contribution in [0.2, 0.25) is 0 Å². The Morgan fingerprint density at radius 2 is 1.68 bits per heavy atom. The Balaban J connectivity index is 2.19. The van der Waals surface area contributed by atoms with Gasteiger partial charge in [0.15, 0.2) is 0 Å². The van der Waals surface area contributed by atoms with Crippen molar-refractivity contribution in [1.29, 1.82) is 0 Å². The highest BCUT2D eigenvalue weighted by Crippen LogP contribution is 2.41. The van der Waals surface area contributed by atoms with Gasteiger partial charge in [0.25, 0.3) is 0 Å². The first-order valence-corrected chi connectivity index (χ1v) is 6.58. The van der Waals surface area contributed by atoms with Gasteiger partial charge in [0.2, 0.25) is 0 Å². The molecule has 0 aliphatic carbocycles. The molecule has 0 saturated carbocycles. The first kappa shape index (κ1) is 11.8. The number of fused-ring (bicyclic) bond motifs is 3. The van der Waals surface area contributed by atoms with Crippen molar-refractivity contribution in [2.45, 2.75) is 0 Å². The lowest BCUT2D eigenvalue weighted by Gasteiger charge is -2.19. The second-order valence-corrected chi connectivity index (χ2v) is 4.82. The molecule has 2 aromatic carbocycles. The molecule has 2 nitrogen and oxygen atoms in total. The van der Waals surface area contributed by atoms with E-state index in [2.05, 4.69) is 59.4 Å². The average Bonchev–Trinajstić information content (AvgIpc) is 2.78. The van der Waals surface area contributed by atoms with E-state index >= 15 is 0 Å². The first-order valence-electron chi connectivity index (χ1n) is 6.58. The van der Waals surface area contributed by atoms with E-state index in [1.807, 2.05) is 12.2 Å². The molecule has 0 spiro atoms. The molecule has 0 saturated heterocycles. The zero-order valence-corrected chi connectivity index (χ0v) is 11.0. The fourth-order valence-corrected chi connectivity index (χ4v) is 2.80. The molecule has 0 bridgehead atoms. The monoisotopic (exact) mass is 250 g/mol. The summed E-state index contributed by atoms with van der Waals surface area (Å²) in [7, 11) is 0. The van der Waals surface area contributed by atoms with Crippen LogP contribution in [0.1, 0.15) is 0 Å². The minimum absolute atomic E-state index is 0.870. The topological polar surface area (TPSA) is 6.48 Å². The predicted octanol–water partition coefficient (Wildman–Crippen LogP) is 3.80. The van der Waals surface area contributed by atoms with Gasteiger partial charge >= 0.3 is 0 Å². The van der Waals surface area contributed by atoms with Gasteiger partial charge in [-0.05, 0) is 11.5 Å². The van der Waals surface area contributed by atoms with Crippen molar-refractivity contribution in [1.82, 2.24) is 0 Å². The number of hydrogen-bond donors (Lipinski definition) is 0. The second-order valence-electron chi connectivity index (χ2n) is 4.82. The van der Waals surface area contributed by atoms with Crippen molar-refractivity contribution < 1.29 is 0 Å². The van der Waals surface area contributed by atoms with Crippen LogP contribution in [0.15, 0.2) is 61.7 Å². The number of rotatable bonds is 4. The van der Waals surface area contributed by atoms with Crippen LogP contribution in [0.5, 0.6) is 0 Å². The molecule has 0 radical (unpaired) electrons. The minimum atomic E-state index is 0.870. The Kier molecular flexibility index (Phi) is 3.00. The molecule has 1 aliphatic rings. The first-order chi connectivity index (χ1) is 9.35. The lowest BCUT2D eigenvalue weighted by atomic mass is 10.1. The summed E-state index contributed by atoms with van der Waals surface area (Å²) in [6, 6.07) is 13.0. The third kappa shape index (κ3) is 1.89. The van der Waals surface area contributed by atoms with E-state index in [1.165, 1.54) is 22.1 Å². The molecule has 96 valence electrons. The zero-order valence-electron chi connectivity index (χ0n) is 11.0. The summed E-state index contributed by atoms with van der Waals surface area (Å²) < 4.78 is 0. The molecule has 1 aliphatic heterocycles. The number of benzene rings is 2. The maximum atomic E-state index is 3.87. The van der Waals surface area contributed by atoms with Crippen molar-refractivity contribution in [2.24, 2.45) is 0 Å². The molecule has 0 atom stereocenters. The standard InChI is InChI=1S/C17H18N2/c1-3-11-18-13-19(12-4-2)17-15-8-6-5-7-14(15)9-10-16(17)18/h3-10H,1-2,11-13H2.